The van der Waals surface area contributed by atoms with Gasteiger partial charge in [-0.05, 0) is 56.8 Å². The van der Waals surface area contributed by atoms with Crippen LogP contribution in [0.2, 0.25) is 0 Å². The Balaban J connectivity index is 0. The van der Waals surface area contributed by atoms with Gasteiger partial charge in [0.05, 0.1) is 0 Å². The van der Waals surface area contributed by atoms with Gasteiger partial charge in [0.15, 0.2) is 0 Å². The topological polar surface area (TPSA) is 64.1 Å². The molecule has 0 spiro atoms. The minimum atomic E-state index is 0. The standard InChI is InChI=1S/C15H27N3.Li.H/c16-11-5-1-3-8-14(9-7-12-17)15-10-4-2-6-13-18-15;;/h2,4,6,10,13-14,18H,1,3,5,7-9,11-12,16-17H2;;/q;+1;-1. The van der Waals surface area contributed by atoms with E-state index in [2.05, 4.69) is 23.5 Å². The van der Waals surface area contributed by atoms with Crippen LogP contribution in [0.25, 0.3) is 0 Å². The van der Waals surface area contributed by atoms with Crippen LogP contribution in [0.1, 0.15) is 40.0 Å². The van der Waals surface area contributed by atoms with Crippen LogP contribution in [0.15, 0.2) is 36.2 Å². The molecule has 0 saturated heterocycles. The molecule has 0 aromatic heterocycles. The predicted octanol–water partition coefficient (Wildman–Crippen LogP) is -0.466. The number of unbranched alkanes of at least 4 members (excludes halogenated alkanes) is 2. The van der Waals surface area contributed by atoms with Gasteiger partial charge in [-0.25, -0.2) is 0 Å². The number of nitrogens with two attached hydrogens (primary N) is 2. The average Bonchev–Trinajstić information content (AvgIpc) is 2.67. The van der Waals surface area contributed by atoms with E-state index in [1.807, 2.05) is 12.3 Å². The minimum Gasteiger partial charge on any atom is -1.00 e. The zero-order valence-corrected chi connectivity index (χ0v) is 12.3. The van der Waals surface area contributed by atoms with E-state index in [0.717, 1.165) is 25.9 Å². The first-order chi connectivity index (χ1) is 8.88. The molecule has 1 atom stereocenters. The maximum atomic E-state index is 5.63. The first kappa shape index (κ1) is 18.5. The van der Waals surface area contributed by atoms with Crippen molar-refractivity contribution in [2.45, 2.75) is 38.5 Å². The van der Waals surface area contributed by atoms with E-state index in [9.17, 15) is 0 Å². The van der Waals surface area contributed by atoms with E-state index in [1.54, 1.807) is 0 Å². The molecule has 0 bridgehead atoms. The largest absolute Gasteiger partial charge is 1.00 e. The summed E-state index contributed by atoms with van der Waals surface area (Å²) in [5.41, 5.74) is 12.5. The molecule has 0 radical (unpaired) electrons. The van der Waals surface area contributed by atoms with Gasteiger partial charge in [-0.2, -0.15) is 0 Å². The Kier molecular flexibility index (Phi) is 12.3. The minimum absolute atomic E-state index is 0. The van der Waals surface area contributed by atoms with Crippen molar-refractivity contribution < 1.29 is 20.3 Å². The fourth-order valence-electron chi connectivity index (χ4n) is 2.26. The SMILES string of the molecule is NCCCCCC(CCCN)C1=CC=CC=CN1.[H-].[Li+]. The molecule has 0 aliphatic carbocycles. The van der Waals surface area contributed by atoms with Gasteiger partial charge in [0.25, 0.3) is 0 Å². The average molecular weight is 257 g/mol. The van der Waals surface area contributed by atoms with Crippen molar-refractivity contribution in [3.63, 3.8) is 0 Å². The van der Waals surface area contributed by atoms with Gasteiger partial charge in [-0.1, -0.05) is 25.0 Å². The zero-order valence-electron chi connectivity index (χ0n) is 13.3. The fourth-order valence-corrected chi connectivity index (χ4v) is 2.26. The second-order valence-electron chi connectivity index (χ2n) is 4.78. The van der Waals surface area contributed by atoms with Crippen molar-refractivity contribution in [2.24, 2.45) is 17.4 Å². The summed E-state index contributed by atoms with van der Waals surface area (Å²) in [6, 6.07) is 0. The predicted molar refractivity (Wildman–Crippen MR) is 79.9 cm³/mol. The Morgan fingerprint density at radius 3 is 2.42 bits per heavy atom. The van der Waals surface area contributed by atoms with Gasteiger partial charge in [0, 0.05) is 11.9 Å². The Morgan fingerprint density at radius 2 is 1.68 bits per heavy atom. The van der Waals surface area contributed by atoms with E-state index < -0.39 is 0 Å². The third kappa shape index (κ3) is 8.34. The third-order valence-electron chi connectivity index (χ3n) is 3.30. The monoisotopic (exact) mass is 257 g/mol. The van der Waals surface area contributed by atoms with E-state index in [4.69, 9.17) is 11.5 Å². The van der Waals surface area contributed by atoms with Crippen LogP contribution in [0.4, 0.5) is 0 Å². The fraction of sp³-hybridized carbons (Fsp3) is 0.600. The van der Waals surface area contributed by atoms with Crippen molar-refractivity contribution >= 4 is 0 Å². The molecule has 0 aromatic carbocycles. The molecule has 0 aromatic rings. The zero-order chi connectivity index (χ0) is 13.1. The summed E-state index contributed by atoms with van der Waals surface area (Å²) in [6.45, 7) is 1.58. The summed E-state index contributed by atoms with van der Waals surface area (Å²) >= 11 is 0. The molecule has 19 heavy (non-hydrogen) atoms. The van der Waals surface area contributed by atoms with Gasteiger partial charge in [-0.15, -0.1) is 0 Å². The molecule has 1 aliphatic rings. The maximum Gasteiger partial charge on any atom is 1.00 e. The summed E-state index contributed by atoms with van der Waals surface area (Å²) in [7, 11) is 0. The molecule has 1 rings (SSSR count). The Morgan fingerprint density at radius 1 is 0.947 bits per heavy atom. The molecular weight excluding hydrogens is 229 g/mol. The third-order valence-corrected chi connectivity index (χ3v) is 3.30. The quantitative estimate of drug-likeness (QED) is 0.387. The number of hydrogen-bond acceptors (Lipinski definition) is 3. The molecule has 1 heterocycles. The van der Waals surface area contributed by atoms with E-state index >= 15 is 0 Å². The summed E-state index contributed by atoms with van der Waals surface area (Å²) in [6.07, 6.45) is 17.5. The Bertz CT molecular complexity index is 303. The maximum absolute atomic E-state index is 5.63. The first-order valence-corrected chi connectivity index (χ1v) is 7.08. The molecule has 0 saturated carbocycles. The van der Waals surface area contributed by atoms with Crippen molar-refractivity contribution in [2.75, 3.05) is 13.1 Å². The smallest absolute Gasteiger partial charge is 1.00 e. The second-order valence-corrected chi connectivity index (χ2v) is 4.78. The molecule has 5 N–H and O–H groups in total. The van der Waals surface area contributed by atoms with Crippen LogP contribution in [-0.2, 0) is 0 Å². The Hall–Kier alpha value is -0.463. The van der Waals surface area contributed by atoms with Crippen molar-refractivity contribution in [1.29, 1.82) is 0 Å². The van der Waals surface area contributed by atoms with E-state index in [-0.39, 0.29) is 20.3 Å². The molecule has 3 nitrogen and oxygen atoms in total. The second kappa shape index (κ2) is 12.6. The number of allylic oxidation sites excluding steroid dienone is 5. The number of nitrogens with one attached hydrogen (secondary N) is 1. The van der Waals surface area contributed by atoms with Crippen LogP contribution in [0, 0.1) is 5.92 Å². The number of hydrogen-bond donors (Lipinski definition) is 3. The normalized spacial score (nSPS) is 15.2. The molecule has 4 heteroatoms. The molecule has 1 aliphatic heterocycles. The summed E-state index contributed by atoms with van der Waals surface area (Å²) in [5.74, 6) is 0.596. The van der Waals surface area contributed by atoms with Crippen LogP contribution in [0.5, 0.6) is 0 Å². The van der Waals surface area contributed by atoms with Crippen molar-refractivity contribution in [3.05, 3.63) is 36.2 Å². The van der Waals surface area contributed by atoms with Crippen LogP contribution < -0.4 is 35.6 Å². The van der Waals surface area contributed by atoms with Crippen LogP contribution in [0.3, 0.4) is 0 Å². The van der Waals surface area contributed by atoms with Gasteiger partial charge in [0.1, 0.15) is 0 Å². The van der Waals surface area contributed by atoms with E-state index in [1.165, 1.54) is 31.4 Å². The van der Waals surface area contributed by atoms with Crippen LogP contribution in [-0.4, -0.2) is 13.1 Å². The molecule has 1 unspecified atom stereocenters. The van der Waals surface area contributed by atoms with Crippen LogP contribution >= 0.6 is 0 Å². The Labute approximate surface area is 131 Å². The summed E-state index contributed by atoms with van der Waals surface area (Å²) in [5, 5.41) is 3.38. The van der Waals surface area contributed by atoms with Crippen molar-refractivity contribution in [1.82, 2.24) is 5.32 Å². The van der Waals surface area contributed by atoms with Gasteiger partial charge in [-0.3, -0.25) is 0 Å². The molecule has 0 amide bonds. The molecule has 0 fully saturated rings. The summed E-state index contributed by atoms with van der Waals surface area (Å²) in [4.78, 5) is 0. The molecular formula is C15H28LiN3. The number of rotatable bonds is 9. The summed E-state index contributed by atoms with van der Waals surface area (Å²) < 4.78 is 0. The van der Waals surface area contributed by atoms with Gasteiger partial charge in [0.2, 0.25) is 0 Å². The molecule has 104 valence electrons. The first-order valence-electron chi connectivity index (χ1n) is 7.08. The van der Waals surface area contributed by atoms with Crippen molar-refractivity contribution in [3.8, 4) is 0 Å². The van der Waals surface area contributed by atoms with Gasteiger partial charge < -0.3 is 18.2 Å². The van der Waals surface area contributed by atoms with E-state index in [0.29, 0.717) is 5.92 Å². The van der Waals surface area contributed by atoms with Gasteiger partial charge >= 0.3 is 18.9 Å².